The highest BCUT2D eigenvalue weighted by molar-refractivity contribution is 6.36. The van der Waals surface area contributed by atoms with Crippen LogP contribution in [0.4, 0.5) is 10.5 Å². The number of amides is 2. The van der Waals surface area contributed by atoms with Gasteiger partial charge in [0.1, 0.15) is 0 Å². The van der Waals surface area contributed by atoms with Crippen LogP contribution < -0.4 is 5.32 Å². The van der Waals surface area contributed by atoms with Crippen molar-refractivity contribution in [3.63, 3.8) is 0 Å². The predicted molar refractivity (Wildman–Crippen MR) is 80.4 cm³/mol. The highest BCUT2D eigenvalue weighted by Crippen LogP contribution is 2.29. The molecule has 0 bridgehead atoms. The maximum atomic E-state index is 12.2. The molecule has 1 saturated heterocycles. The van der Waals surface area contributed by atoms with Crippen LogP contribution in [-0.4, -0.2) is 37.2 Å². The highest BCUT2D eigenvalue weighted by atomic mass is 35.5. The second-order valence-corrected chi connectivity index (χ2v) is 5.08. The molecule has 1 N–H and O–H groups in total. The van der Waals surface area contributed by atoms with E-state index in [4.69, 9.17) is 16.3 Å². The fraction of sp³-hybridized carbons (Fsp3) is 0.267. The minimum Gasteiger partial charge on any atom is -0.378 e. The van der Waals surface area contributed by atoms with Crippen molar-refractivity contribution in [3.05, 3.63) is 41.4 Å². The average Bonchev–Trinajstić information content (AvgIpc) is 2.51. The zero-order valence-corrected chi connectivity index (χ0v) is 11.7. The molecular formula is C15H15ClN2O2. The van der Waals surface area contributed by atoms with Crippen LogP contribution in [0.2, 0.25) is 5.02 Å². The number of nitrogens with zero attached hydrogens (tertiary/aromatic N) is 1. The summed E-state index contributed by atoms with van der Waals surface area (Å²) in [5.41, 5.74) is 0.779. The van der Waals surface area contributed by atoms with Crippen LogP contribution >= 0.6 is 11.6 Å². The van der Waals surface area contributed by atoms with E-state index in [-0.39, 0.29) is 6.03 Å². The third-order valence-electron chi connectivity index (χ3n) is 3.41. The monoisotopic (exact) mass is 290 g/mol. The second-order valence-electron chi connectivity index (χ2n) is 4.67. The number of urea groups is 1. The number of fused-ring (bicyclic) bond motifs is 1. The van der Waals surface area contributed by atoms with Crippen LogP contribution in [0.1, 0.15) is 0 Å². The van der Waals surface area contributed by atoms with Gasteiger partial charge < -0.3 is 15.0 Å². The summed E-state index contributed by atoms with van der Waals surface area (Å²) in [4.78, 5) is 14.0. The Balaban J connectivity index is 1.87. The molecule has 2 amide bonds. The van der Waals surface area contributed by atoms with E-state index in [1.54, 1.807) is 11.0 Å². The molecule has 0 aliphatic carbocycles. The van der Waals surface area contributed by atoms with E-state index >= 15 is 0 Å². The summed E-state index contributed by atoms with van der Waals surface area (Å²) in [5.74, 6) is 0. The lowest BCUT2D eigenvalue weighted by Gasteiger charge is -2.27. The van der Waals surface area contributed by atoms with Gasteiger partial charge >= 0.3 is 6.03 Å². The first-order chi connectivity index (χ1) is 9.75. The van der Waals surface area contributed by atoms with E-state index in [0.717, 1.165) is 16.5 Å². The molecule has 0 saturated carbocycles. The van der Waals surface area contributed by atoms with Gasteiger partial charge in [-0.25, -0.2) is 4.79 Å². The van der Waals surface area contributed by atoms with E-state index in [1.165, 1.54) is 0 Å². The molecule has 20 heavy (non-hydrogen) atoms. The van der Waals surface area contributed by atoms with Crippen LogP contribution in [-0.2, 0) is 4.74 Å². The Morgan fingerprint density at radius 3 is 2.55 bits per heavy atom. The SMILES string of the molecule is O=C(Nc1ccc(Cl)c2ccccc12)N1CCOCC1. The van der Waals surface area contributed by atoms with Gasteiger partial charge in [0.2, 0.25) is 0 Å². The lowest BCUT2D eigenvalue weighted by Crippen LogP contribution is -2.43. The van der Waals surface area contributed by atoms with Crippen molar-refractivity contribution in [2.24, 2.45) is 0 Å². The Bertz CT molecular complexity index is 639. The summed E-state index contributed by atoms with van der Waals surface area (Å²) in [5, 5.41) is 5.52. The van der Waals surface area contributed by atoms with Crippen LogP contribution in [0.25, 0.3) is 10.8 Å². The van der Waals surface area contributed by atoms with Gasteiger partial charge in [-0.15, -0.1) is 0 Å². The number of hydrogen-bond acceptors (Lipinski definition) is 2. The van der Waals surface area contributed by atoms with E-state index in [2.05, 4.69) is 5.32 Å². The number of halogens is 1. The van der Waals surface area contributed by atoms with Gasteiger partial charge in [-0.3, -0.25) is 0 Å². The zero-order chi connectivity index (χ0) is 13.9. The van der Waals surface area contributed by atoms with Crippen molar-refractivity contribution >= 4 is 34.1 Å². The average molecular weight is 291 g/mol. The number of morpholine rings is 1. The smallest absolute Gasteiger partial charge is 0.322 e. The van der Waals surface area contributed by atoms with E-state index in [9.17, 15) is 4.79 Å². The molecule has 0 atom stereocenters. The minimum atomic E-state index is -0.0965. The van der Waals surface area contributed by atoms with E-state index < -0.39 is 0 Å². The molecule has 104 valence electrons. The maximum absolute atomic E-state index is 12.2. The number of benzene rings is 2. The number of rotatable bonds is 1. The molecule has 1 aliphatic heterocycles. The molecule has 5 heteroatoms. The van der Waals surface area contributed by atoms with Gasteiger partial charge in [-0.05, 0) is 12.1 Å². The van der Waals surface area contributed by atoms with Gasteiger partial charge in [-0.2, -0.15) is 0 Å². The van der Waals surface area contributed by atoms with Gasteiger partial charge in [0.25, 0.3) is 0 Å². The standard InChI is InChI=1S/C15H15ClN2O2/c16-13-5-6-14(12-4-2-1-3-11(12)13)17-15(19)18-7-9-20-10-8-18/h1-6H,7-10H2,(H,17,19). The predicted octanol–water partition coefficient (Wildman–Crippen LogP) is 3.36. The molecule has 4 nitrogen and oxygen atoms in total. The summed E-state index contributed by atoms with van der Waals surface area (Å²) in [6, 6.07) is 11.3. The van der Waals surface area contributed by atoms with Crippen LogP contribution in [0.5, 0.6) is 0 Å². The van der Waals surface area contributed by atoms with Gasteiger partial charge in [-0.1, -0.05) is 35.9 Å². The van der Waals surface area contributed by atoms with E-state index in [1.807, 2.05) is 30.3 Å². The minimum absolute atomic E-state index is 0.0965. The molecule has 0 radical (unpaired) electrons. The van der Waals surface area contributed by atoms with Crippen molar-refractivity contribution in [1.82, 2.24) is 4.90 Å². The third kappa shape index (κ3) is 2.57. The van der Waals surface area contributed by atoms with Crippen molar-refractivity contribution in [2.45, 2.75) is 0 Å². The maximum Gasteiger partial charge on any atom is 0.322 e. The van der Waals surface area contributed by atoms with Crippen molar-refractivity contribution in [2.75, 3.05) is 31.6 Å². The van der Waals surface area contributed by atoms with Crippen molar-refractivity contribution < 1.29 is 9.53 Å². The Hall–Kier alpha value is -1.78. The number of carbonyl (C=O) groups is 1. The molecular weight excluding hydrogens is 276 g/mol. The summed E-state index contributed by atoms with van der Waals surface area (Å²) in [7, 11) is 0. The largest absolute Gasteiger partial charge is 0.378 e. The molecule has 2 aromatic carbocycles. The molecule has 3 rings (SSSR count). The van der Waals surface area contributed by atoms with Gasteiger partial charge in [0.15, 0.2) is 0 Å². The topological polar surface area (TPSA) is 41.6 Å². The fourth-order valence-electron chi connectivity index (χ4n) is 2.33. The van der Waals surface area contributed by atoms with Crippen molar-refractivity contribution in [3.8, 4) is 0 Å². The molecule has 1 heterocycles. The summed E-state index contributed by atoms with van der Waals surface area (Å²) in [6.45, 7) is 2.43. The summed E-state index contributed by atoms with van der Waals surface area (Å²) in [6.07, 6.45) is 0. The normalized spacial score (nSPS) is 15.3. The van der Waals surface area contributed by atoms with Crippen LogP contribution in [0.3, 0.4) is 0 Å². The number of hydrogen-bond donors (Lipinski definition) is 1. The molecule has 0 unspecified atom stereocenters. The first-order valence-electron chi connectivity index (χ1n) is 6.56. The molecule has 0 spiro atoms. The summed E-state index contributed by atoms with van der Waals surface area (Å²) >= 11 is 6.17. The molecule has 1 aliphatic rings. The second kappa shape index (κ2) is 5.69. The third-order valence-corrected chi connectivity index (χ3v) is 3.74. The quantitative estimate of drug-likeness (QED) is 0.875. The number of nitrogens with one attached hydrogen (secondary N) is 1. The van der Waals surface area contributed by atoms with Gasteiger partial charge in [0.05, 0.1) is 18.9 Å². The summed E-state index contributed by atoms with van der Waals surface area (Å²) < 4.78 is 5.25. The Kier molecular flexibility index (Phi) is 3.76. The Morgan fingerprint density at radius 2 is 1.80 bits per heavy atom. The fourth-order valence-corrected chi connectivity index (χ4v) is 2.56. The van der Waals surface area contributed by atoms with Crippen molar-refractivity contribution in [1.29, 1.82) is 0 Å². The highest BCUT2D eigenvalue weighted by Gasteiger charge is 2.17. The Morgan fingerprint density at radius 1 is 1.10 bits per heavy atom. The number of carbonyl (C=O) groups excluding carboxylic acids is 1. The molecule has 2 aromatic rings. The van der Waals surface area contributed by atoms with E-state index in [0.29, 0.717) is 31.3 Å². The number of anilines is 1. The lowest BCUT2D eigenvalue weighted by atomic mass is 10.1. The first-order valence-corrected chi connectivity index (χ1v) is 6.94. The zero-order valence-electron chi connectivity index (χ0n) is 10.9. The first kappa shape index (κ1) is 13.2. The molecule has 0 aromatic heterocycles. The van der Waals surface area contributed by atoms with Crippen LogP contribution in [0.15, 0.2) is 36.4 Å². The number of ether oxygens (including phenoxy) is 1. The lowest BCUT2D eigenvalue weighted by molar-refractivity contribution is 0.0565. The molecule has 1 fully saturated rings. The van der Waals surface area contributed by atoms with Gasteiger partial charge in [0, 0.05) is 28.9 Å². The Labute approximate surface area is 122 Å². The van der Waals surface area contributed by atoms with Crippen LogP contribution in [0, 0.1) is 0 Å².